The summed E-state index contributed by atoms with van der Waals surface area (Å²) in [5.74, 6) is -0.726. The highest BCUT2D eigenvalue weighted by Gasteiger charge is 2.59. The first-order chi connectivity index (χ1) is 13.0. The van der Waals surface area contributed by atoms with E-state index in [0.717, 1.165) is 10.6 Å². The van der Waals surface area contributed by atoms with E-state index < -0.39 is 55.6 Å². The van der Waals surface area contributed by atoms with Gasteiger partial charge in [-0.3, -0.25) is 27.9 Å². The maximum atomic E-state index is 12.7. The number of hydrogen-bond donors (Lipinski definition) is 2. The molecule has 0 amide bonds. The van der Waals surface area contributed by atoms with E-state index in [9.17, 15) is 18.9 Å². The quantitative estimate of drug-likeness (QED) is 0.476. The number of esters is 1. The minimum absolute atomic E-state index is 0.192. The lowest BCUT2D eigenvalue weighted by Gasteiger charge is -2.35. The molecule has 13 heteroatoms. The zero-order valence-corrected chi connectivity index (χ0v) is 16.4. The molecule has 1 aromatic heterocycles. The molecule has 0 saturated carbocycles. The number of aromatic amines is 1. The molecule has 28 heavy (non-hydrogen) atoms. The Balaban J connectivity index is 1.75. The summed E-state index contributed by atoms with van der Waals surface area (Å²) in [6, 6.07) is 1.15. The van der Waals surface area contributed by atoms with Crippen molar-refractivity contribution in [2.24, 2.45) is 5.73 Å². The van der Waals surface area contributed by atoms with Crippen molar-refractivity contribution in [1.29, 1.82) is 0 Å². The van der Waals surface area contributed by atoms with E-state index in [4.69, 9.17) is 28.8 Å². The number of aromatic nitrogens is 2. The molecular formula is C15H22N3O9P. The minimum Gasteiger partial charge on any atom is -0.461 e. The van der Waals surface area contributed by atoms with E-state index in [0.29, 0.717) is 0 Å². The highest BCUT2D eigenvalue weighted by atomic mass is 31.2. The molecule has 12 nitrogen and oxygen atoms in total. The molecule has 1 unspecified atom stereocenters. The van der Waals surface area contributed by atoms with Crippen LogP contribution < -0.4 is 17.0 Å². The number of ether oxygens (including phenoxy) is 2. The van der Waals surface area contributed by atoms with Gasteiger partial charge in [-0.05, 0) is 20.8 Å². The smallest absolute Gasteiger partial charge is 0.461 e. The number of phosphoric ester groups is 1. The number of carbonyl (C=O) groups excluding carboxylic acids is 1. The van der Waals surface area contributed by atoms with Crippen LogP contribution in [0.4, 0.5) is 0 Å². The van der Waals surface area contributed by atoms with Gasteiger partial charge in [-0.15, -0.1) is 0 Å². The van der Waals surface area contributed by atoms with Crippen LogP contribution in [-0.4, -0.2) is 52.6 Å². The van der Waals surface area contributed by atoms with Crippen LogP contribution >= 0.6 is 7.82 Å². The third-order valence-corrected chi connectivity index (χ3v) is 5.63. The van der Waals surface area contributed by atoms with E-state index in [1.165, 1.54) is 6.20 Å². The highest BCUT2D eigenvalue weighted by Crippen LogP contribution is 2.58. The van der Waals surface area contributed by atoms with E-state index in [1.54, 1.807) is 20.8 Å². The fraction of sp³-hybridized carbons (Fsp3) is 0.667. The van der Waals surface area contributed by atoms with Crippen LogP contribution in [0.2, 0.25) is 0 Å². The zero-order valence-electron chi connectivity index (χ0n) is 15.5. The Bertz CT molecular complexity index is 909. The predicted octanol–water partition coefficient (Wildman–Crippen LogP) is -0.357. The molecule has 0 spiro atoms. The number of nitrogens with one attached hydrogen (secondary N) is 1. The number of H-pyrrole nitrogens is 1. The first-order valence-electron chi connectivity index (χ1n) is 8.54. The molecular weight excluding hydrogens is 397 g/mol. The largest absolute Gasteiger partial charge is 0.475 e. The Labute approximate surface area is 159 Å². The maximum absolute atomic E-state index is 12.7. The molecule has 3 rings (SSSR count). The minimum atomic E-state index is -4.10. The molecule has 0 aliphatic carbocycles. The van der Waals surface area contributed by atoms with Crippen LogP contribution in [0, 0.1) is 0 Å². The molecule has 0 bridgehead atoms. The fourth-order valence-corrected chi connectivity index (χ4v) is 4.47. The van der Waals surface area contributed by atoms with E-state index >= 15 is 0 Å². The lowest BCUT2D eigenvalue weighted by molar-refractivity contribution is -0.151. The number of phosphoric acid groups is 1. The van der Waals surface area contributed by atoms with Gasteiger partial charge in [-0.2, -0.15) is 0 Å². The van der Waals surface area contributed by atoms with E-state index in [-0.39, 0.29) is 12.7 Å². The van der Waals surface area contributed by atoms with Gasteiger partial charge in [0.2, 0.25) is 0 Å². The van der Waals surface area contributed by atoms with Gasteiger partial charge in [0.15, 0.2) is 12.8 Å². The topological polar surface area (TPSA) is 161 Å². The molecule has 0 aromatic carbocycles. The molecule has 2 aliphatic rings. The second-order valence-electron chi connectivity index (χ2n) is 6.99. The second-order valence-corrected chi connectivity index (χ2v) is 8.61. The van der Waals surface area contributed by atoms with Crippen molar-refractivity contribution in [2.45, 2.75) is 50.8 Å². The van der Waals surface area contributed by atoms with Gasteiger partial charge < -0.3 is 15.2 Å². The second kappa shape index (κ2) is 7.54. The van der Waals surface area contributed by atoms with Crippen LogP contribution in [0.1, 0.15) is 27.0 Å². The fourth-order valence-electron chi connectivity index (χ4n) is 3.04. The Morgan fingerprint density at radius 3 is 2.86 bits per heavy atom. The summed E-state index contributed by atoms with van der Waals surface area (Å²) < 4.78 is 40.1. The summed E-state index contributed by atoms with van der Waals surface area (Å²) >= 11 is 0. The molecule has 156 valence electrons. The Morgan fingerprint density at radius 1 is 1.50 bits per heavy atom. The summed E-state index contributed by atoms with van der Waals surface area (Å²) in [6.45, 7) is 4.04. The Hall–Kier alpha value is -1.82. The van der Waals surface area contributed by atoms with Gasteiger partial charge in [0.05, 0.1) is 18.2 Å². The number of hydrogen-bond acceptors (Lipinski definition) is 10. The SMILES string of the molecule is CC(C)OC(=O)COP1(=O)OC[C@H]2O[C@@H](n3ccc(=O)[nH]c3=O)[C@](C)(N)[C@@H]2O1. The molecule has 2 saturated heterocycles. The molecule has 3 heterocycles. The molecule has 1 aromatic rings. The average Bonchev–Trinajstić information content (AvgIpc) is 2.83. The first-order valence-corrected chi connectivity index (χ1v) is 10.0. The first kappa shape index (κ1) is 20.9. The molecule has 3 N–H and O–H groups in total. The van der Waals surface area contributed by atoms with Crippen LogP contribution in [0.15, 0.2) is 21.9 Å². The summed E-state index contributed by atoms with van der Waals surface area (Å²) in [5, 5.41) is 0. The zero-order chi connectivity index (χ0) is 20.7. The molecule has 2 aliphatic heterocycles. The van der Waals surface area contributed by atoms with Gasteiger partial charge in [0.1, 0.15) is 12.2 Å². The van der Waals surface area contributed by atoms with Crippen molar-refractivity contribution >= 4 is 13.8 Å². The van der Waals surface area contributed by atoms with E-state index in [1.807, 2.05) is 0 Å². The average molecular weight is 419 g/mol. The normalized spacial score (nSPS) is 35.0. The molecule has 2 fully saturated rings. The molecule has 5 atom stereocenters. The molecule has 0 radical (unpaired) electrons. The van der Waals surface area contributed by atoms with Crippen molar-refractivity contribution in [1.82, 2.24) is 9.55 Å². The van der Waals surface area contributed by atoms with Crippen LogP contribution in [0.3, 0.4) is 0 Å². The predicted molar refractivity (Wildman–Crippen MR) is 93.4 cm³/mol. The van der Waals surface area contributed by atoms with Gasteiger partial charge in [0.25, 0.3) is 5.56 Å². The highest BCUT2D eigenvalue weighted by molar-refractivity contribution is 7.48. The van der Waals surface area contributed by atoms with Crippen LogP contribution in [0.5, 0.6) is 0 Å². The third-order valence-electron chi connectivity index (χ3n) is 4.24. The summed E-state index contributed by atoms with van der Waals surface area (Å²) in [4.78, 5) is 37.1. The standard InChI is InChI=1S/C15H22N3O9P/c1-8(2)25-11(20)7-24-28(22)23-6-9-12(27-28)15(3,16)13(26-9)18-5-4-10(19)17-14(18)21/h4-5,8-9,12-13H,6-7,16H2,1-3H3,(H,17,19,21)/t9-,12-,13-,15-,28?/m1/s1. The van der Waals surface area contributed by atoms with Gasteiger partial charge in [-0.1, -0.05) is 0 Å². The van der Waals surface area contributed by atoms with Crippen molar-refractivity contribution < 1.29 is 32.4 Å². The number of carbonyl (C=O) groups is 1. The van der Waals surface area contributed by atoms with Crippen LogP contribution in [0.25, 0.3) is 0 Å². The van der Waals surface area contributed by atoms with Gasteiger partial charge in [0, 0.05) is 12.3 Å². The van der Waals surface area contributed by atoms with Crippen molar-refractivity contribution in [3.63, 3.8) is 0 Å². The van der Waals surface area contributed by atoms with Crippen molar-refractivity contribution in [3.8, 4) is 0 Å². The summed E-state index contributed by atoms with van der Waals surface area (Å²) in [7, 11) is -4.10. The lowest BCUT2D eigenvalue weighted by Crippen LogP contribution is -2.55. The number of fused-ring (bicyclic) bond motifs is 1. The number of rotatable bonds is 5. The monoisotopic (exact) mass is 419 g/mol. The van der Waals surface area contributed by atoms with E-state index in [2.05, 4.69) is 4.98 Å². The summed E-state index contributed by atoms with van der Waals surface area (Å²) in [6.07, 6.45) is -1.84. The number of nitrogens with two attached hydrogens (primary N) is 1. The van der Waals surface area contributed by atoms with Crippen LogP contribution in [-0.2, 0) is 32.4 Å². The number of nitrogens with zero attached hydrogens (tertiary/aromatic N) is 1. The van der Waals surface area contributed by atoms with Gasteiger partial charge >= 0.3 is 19.5 Å². The van der Waals surface area contributed by atoms with Gasteiger partial charge in [-0.25, -0.2) is 14.2 Å². The Kier molecular flexibility index (Phi) is 5.63. The third kappa shape index (κ3) is 4.12. The van der Waals surface area contributed by atoms with Crippen molar-refractivity contribution in [3.05, 3.63) is 33.1 Å². The Morgan fingerprint density at radius 2 is 2.21 bits per heavy atom. The maximum Gasteiger partial charge on any atom is 0.475 e. The summed E-state index contributed by atoms with van der Waals surface area (Å²) in [5.41, 5.74) is 3.72. The lowest BCUT2D eigenvalue weighted by atomic mass is 9.93. The van der Waals surface area contributed by atoms with Crippen molar-refractivity contribution in [2.75, 3.05) is 13.2 Å².